The normalized spacial score (nSPS) is 19.8. The third-order valence-corrected chi connectivity index (χ3v) is 8.28. The van der Waals surface area contributed by atoms with Crippen molar-refractivity contribution in [3.8, 4) is 11.3 Å². The van der Waals surface area contributed by atoms with Crippen molar-refractivity contribution in [3.63, 3.8) is 0 Å². The summed E-state index contributed by atoms with van der Waals surface area (Å²) < 4.78 is 10.2. The van der Waals surface area contributed by atoms with Gasteiger partial charge in [-0.3, -0.25) is 0 Å². The van der Waals surface area contributed by atoms with Crippen molar-refractivity contribution in [3.05, 3.63) is 72.0 Å². The van der Waals surface area contributed by atoms with Crippen molar-refractivity contribution in [2.24, 2.45) is 18.9 Å². The van der Waals surface area contributed by atoms with E-state index in [-0.39, 0.29) is 6.04 Å². The van der Waals surface area contributed by atoms with E-state index in [9.17, 15) is 5.11 Å². The highest BCUT2D eigenvalue weighted by Crippen LogP contribution is 2.44. The van der Waals surface area contributed by atoms with Crippen molar-refractivity contribution in [1.29, 1.82) is 0 Å². The Morgan fingerprint density at radius 2 is 1.76 bits per heavy atom. The average Bonchev–Trinajstić information content (AvgIpc) is 3.40. The molecule has 2 aromatic heterocycles. The first-order valence-corrected chi connectivity index (χ1v) is 13.4. The third kappa shape index (κ3) is 4.22. The van der Waals surface area contributed by atoms with Gasteiger partial charge in [-0.25, -0.2) is 4.68 Å². The molecule has 1 aliphatic carbocycles. The highest BCUT2D eigenvalue weighted by Gasteiger charge is 2.34. The van der Waals surface area contributed by atoms with E-state index < -0.39 is 5.60 Å². The molecule has 2 atom stereocenters. The predicted octanol–water partition coefficient (Wildman–Crippen LogP) is 6.23. The van der Waals surface area contributed by atoms with E-state index in [1.54, 1.807) is 0 Å². The van der Waals surface area contributed by atoms with Crippen molar-refractivity contribution < 1.29 is 9.84 Å². The lowest BCUT2D eigenvalue weighted by molar-refractivity contribution is 0.0428. The molecule has 6 rings (SSSR count). The van der Waals surface area contributed by atoms with E-state index in [0.29, 0.717) is 11.8 Å². The summed E-state index contributed by atoms with van der Waals surface area (Å²) in [6, 6.07) is 13.5. The van der Waals surface area contributed by atoms with Gasteiger partial charge in [0.25, 0.3) is 0 Å². The zero-order valence-corrected chi connectivity index (χ0v) is 22.2. The number of hydrogen-bond donors (Lipinski definition) is 1. The maximum Gasteiger partial charge on any atom is 0.0912 e. The molecule has 6 heteroatoms. The molecule has 4 aromatic rings. The molecule has 1 unspecified atom stereocenters. The second kappa shape index (κ2) is 9.26. The number of benzene rings is 2. The number of fused-ring (bicyclic) bond motifs is 3. The highest BCUT2D eigenvalue weighted by atomic mass is 16.5. The molecule has 2 aromatic carbocycles. The molecule has 0 saturated carbocycles. The highest BCUT2D eigenvalue weighted by molar-refractivity contribution is 6.09. The van der Waals surface area contributed by atoms with Crippen LogP contribution in [0.25, 0.3) is 33.1 Å². The maximum absolute atomic E-state index is 10.9. The minimum atomic E-state index is -0.917. The van der Waals surface area contributed by atoms with Crippen LogP contribution in [0, 0.1) is 18.8 Å². The fourth-order valence-electron chi connectivity index (χ4n) is 6.41. The molecule has 1 fully saturated rings. The Labute approximate surface area is 218 Å². The number of allylic oxidation sites excluding steroid dienone is 4. The summed E-state index contributed by atoms with van der Waals surface area (Å²) in [4.78, 5) is 0. The Morgan fingerprint density at radius 1 is 1.03 bits per heavy atom. The Hall–Kier alpha value is -3.22. The molecule has 3 heterocycles. The Morgan fingerprint density at radius 3 is 2.41 bits per heavy atom. The molecule has 0 spiro atoms. The molecule has 2 aliphatic rings. The SMILES string of the molecule is Cc1nnn(C)c1-c1ccc2c3ccc(C(C)(C)O)cc3n([C@H](C3C=CC=CC3)C3CCOCC3)c2c1. The van der Waals surface area contributed by atoms with E-state index >= 15 is 0 Å². The van der Waals surface area contributed by atoms with E-state index in [0.717, 1.165) is 55.0 Å². The largest absolute Gasteiger partial charge is 0.386 e. The van der Waals surface area contributed by atoms with Crippen LogP contribution in [0.4, 0.5) is 0 Å². The fourth-order valence-corrected chi connectivity index (χ4v) is 6.41. The van der Waals surface area contributed by atoms with Gasteiger partial charge in [0, 0.05) is 54.1 Å². The zero-order chi connectivity index (χ0) is 25.7. The third-order valence-electron chi connectivity index (χ3n) is 8.28. The van der Waals surface area contributed by atoms with Gasteiger partial charge in [-0.05, 0) is 63.6 Å². The molecule has 0 amide bonds. The van der Waals surface area contributed by atoms with Crippen molar-refractivity contribution in [2.45, 2.75) is 51.7 Å². The number of aliphatic hydroxyl groups is 1. The number of nitrogens with zero attached hydrogens (tertiary/aromatic N) is 4. The quantitative estimate of drug-likeness (QED) is 0.356. The lowest BCUT2D eigenvalue weighted by atomic mass is 9.80. The van der Waals surface area contributed by atoms with Gasteiger partial charge in [0.1, 0.15) is 0 Å². The number of aromatic nitrogens is 4. The summed E-state index contributed by atoms with van der Waals surface area (Å²) in [5, 5.41) is 21.9. The molecular formula is C31H36N4O2. The van der Waals surface area contributed by atoms with Crippen LogP contribution in [0.3, 0.4) is 0 Å². The lowest BCUT2D eigenvalue weighted by Gasteiger charge is -2.37. The molecule has 0 radical (unpaired) electrons. The van der Waals surface area contributed by atoms with Gasteiger partial charge in [0.2, 0.25) is 0 Å². The standard InChI is InChI=1S/C31H36N4O2/c1-20-29(34(4)33-32-20)23-10-12-25-26-13-11-24(31(2,3)36)19-28(26)35(27(25)18-23)30(21-8-6-5-7-9-21)22-14-16-37-17-15-22/h5-8,10-13,18-19,21-22,30,36H,9,14-17H2,1-4H3/t21?,30-/m1/s1. The van der Waals surface area contributed by atoms with E-state index in [1.165, 1.54) is 21.8 Å². The van der Waals surface area contributed by atoms with Crippen molar-refractivity contribution >= 4 is 21.8 Å². The minimum Gasteiger partial charge on any atom is -0.386 e. The van der Waals surface area contributed by atoms with Crippen LogP contribution in [0.2, 0.25) is 0 Å². The summed E-state index contributed by atoms with van der Waals surface area (Å²) in [6.07, 6.45) is 12.2. The molecule has 0 bridgehead atoms. The van der Waals surface area contributed by atoms with Crippen LogP contribution in [0.1, 0.15) is 50.4 Å². The molecule has 1 saturated heterocycles. The monoisotopic (exact) mass is 496 g/mol. The summed E-state index contributed by atoms with van der Waals surface area (Å²) in [7, 11) is 1.95. The van der Waals surface area contributed by atoms with Crippen LogP contribution < -0.4 is 0 Å². The summed E-state index contributed by atoms with van der Waals surface area (Å²) in [5.41, 5.74) is 5.51. The first kappa shape index (κ1) is 24.1. The Bertz CT molecular complexity index is 1490. The first-order valence-electron chi connectivity index (χ1n) is 13.4. The van der Waals surface area contributed by atoms with Crippen molar-refractivity contribution in [1.82, 2.24) is 19.6 Å². The topological polar surface area (TPSA) is 65.1 Å². The molecular weight excluding hydrogens is 460 g/mol. The van der Waals surface area contributed by atoms with Crippen LogP contribution in [-0.4, -0.2) is 37.9 Å². The van der Waals surface area contributed by atoms with E-state index in [2.05, 4.69) is 75.6 Å². The minimum absolute atomic E-state index is 0.281. The van der Waals surface area contributed by atoms with Gasteiger partial charge in [0.15, 0.2) is 0 Å². The zero-order valence-electron chi connectivity index (χ0n) is 22.2. The number of ether oxygens (including phenoxy) is 1. The van der Waals surface area contributed by atoms with Gasteiger partial charge in [0.05, 0.1) is 22.5 Å². The van der Waals surface area contributed by atoms with Crippen LogP contribution in [0.5, 0.6) is 0 Å². The molecule has 1 aliphatic heterocycles. The fraction of sp³-hybridized carbons (Fsp3) is 0.419. The van der Waals surface area contributed by atoms with Gasteiger partial charge in [-0.2, -0.15) is 0 Å². The van der Waals surface area contributed by atoms with Crippen LogP contribution in [0.15, 0.2) is 60.7 Å². The number of aryl methyl sites for hydroxylation is 2. The van der Waals surface area contributed by atoms with Gasteiger partial charge in [-0.1, -0.05) is 53.8 Å². The lowest BCUT2D eigenvalue weighted by Crippen LogP contribution is -2.31. The summed E-state index contributed by atoms with van der Waals surface area (Å²) in [6.45, 7) is 7.36. The number of hydrogen-bond acceptors (Lipinski definition) is 4. The van der Waals surface area contributed by atoms with Crippen molar-refractivity contribution in [2.75, 3.05) is 13.2 Å². The Kier molecular flexibility index (Phi) is 6.04. The number of rotatable bonds is 5. The Balaban J connectivity index is 1.66. The van der Waals surface area contributed by atoms with Gasteiger partial charge >= 0.3 is 0 Å². The summed E-state index contributed by atoms with van der Waals surface area (Å²) in [5.74, 6) is 0.893. The van der Waals surface area contributed by atoms with E-state index in [4.69, 9.17) is 4.74 Å². The molecule has 6 nitrogen and oxygen atoms in total. The van der Waals surface area contributed by atoms with Gasteiger partial charge in [-0.15, -0.1) is 5.10 Å². The predicted molar refractivity (Wildman–Crippen MR) is 148 cm³/mol. The second-order valence-electron chi connectivity index (χ2n) is 11.2. The molecule has 192 valence electrons. The summed E-state index contributed by atoms with van der Waals surface area (Å²) >= 11 is 0. The van der Waals surface area contributed by atoms with E-state index in [1.807, 2.05) is 32.5 Å². The van der Waals surface area contributed by atoms with Gasteiger partial charge < -0.3 is 14.4 Å². The maximum atomic E-state index is 10.9. The first-order chi connectivity index (χ1) is 17.8. The van der Waals surface area contributed by atoms with Crippen LogP contribution in [-0.2, 0) is 17.4 Å². The average molecular weight is 497 g/mol. The smallest absolute Gasteiger partial charge is 0.0912 e. The van der Waals surface area contributed by atoms with Crippen LogP contribution >= 0.6 is 0 Å². The molecule has 37 heavy (non-hydrogen) atoms. The molecule has 1 N–H and O–H groups in total. The second-order valence-corrected chi connectivity index (χ2v) is 11.2.